The van der Waals surface area contributed by atoms with Gasteiger partial charge in [-0.25, -0.2) is 4.79 Å². The number of benzene rings is 3. The van der Waals surface area contributed by atoms with Gasteiger partial charge in [0.2, 0.25) is 0 Å². The molecule has 3 aromatic rings. The third-order valence-electron chi connectivity index (χ3n) is 5.63. The molecule has 0 unspecified atom stereocenters. The van der Waals surface area contributed by atoms with E-state index in [-0.39, 0.29) is 0 Å². The summed E-state index contributed by atoms with van der Waals surface area (Å²) in [4.78, 5) is 12.7. The second-order valence-electron chi connectivity index (χ2n) is 7.09. The van der Waals surface area contributed by atoms with E-state index >= 15 is 0 Å². The SMILES string of the molecule is O=C(O[C@@H]1CCc2cccc3c2[C@@]1(O)c1ccccc1-3)c1ccc(Br)cc1. The highest BCUT2D eigenvalue weighted by molar-refractivity contribution is 9.10. The fourth-order valence-corrected chi connectivity index (χ4v) is 4.69. The Morgan fingerprint density at radius 3 is 2.56 bits per heavy atom. The molecule has 2 aliphatic rings. The van der Waals surface area contributed by atoms with Gasteiger partial charge in [-0.2, -0.15) is 0 Å². The topological polar surface area (TPSA) is 46.5 Å². The Morgan fingerprint density at radius 2 is 1.74 bits per heavy atom. The lowest BCUT2D eigenvalue weighted by Gasteiger charge is -2.38. The second kappa shape index (κ2) is 6.04. The van der Waals surface area contributed by atoms with Gasteiger partial charge >= 0.3 is 5.97 Å². The fourth-order valence-electron chi connectivity index (χ4n) is 4.43. The van der Waals surface area contributed by atoms with Crippen LogP contribution in [0.15, 0.2) is 71.2 Å². The first-order valence-corrected chi connectivity index (χ1v) is 9.79. The molecule has 0 saturated carbocycles. The van der Waals surface area contributed by atoms with E-state index in [1.54, 1.807) is 12.1 Å². The molecule has 0 heterocycles. The summed E-state index contributed by atoms with van der Waals surface area (Å²) in [5, 5.41) is 11.9. The molecule has 0 aromatic heterocycles. The van der Waals surface area contributed by atoms with E-state index in [1.165, 1.54) is 0 Å². The van der Waals surface area contributed by atoms with E-state index in [1.807, 2.05) is 48.5 Å². The minimum absolute atomic E-state index is 0.411. The Morgan fingerprint density at radius 1 is 1.00 bits per heavy atom. The van der Waals surface area contributed by atoms with Crippen LogP contribution in [0.2, 0.25) is 0 Å². The Labute approximate surface area is 165 Å². The molecule has 0 spiro atoms. The van der Waals surface area contributed by atoms with Crippen molar-refractivity contribution in [2.75, 3.05) is 0 Å². The summed E-state index contributed by atoms with van der Waals surface area (Å²) < 4.78 is 6.77. The molecule has 4 heteroatoms. The van der Waals surface area contributed by atoms with Crippen LogP contribution >= 0.6 is 15.9 Å². The Hall–Kier alpha value is -2.43. The van der Waals surface area contributed by atoms with Gasteiger partial charge in [0.1, 0.15) is 6.10 Å². The van der Waals surface area contributed by atoms with Crippen LogP contribution in [-0.4, -0.2) is 17.2 Å². The average molecular weight is 421 g/mol. The van der Waals surface area contributed by atoms with Gasteiger partial charge in [0.15, 0.2) is 5.60 Å². The quantitative estimate of drug-likeness (QED) is 0.603. The lowest BCUT2D eigenvalue weighted by atomic mass is 9.76. The standard InChI is InChI=1S/C23H17BrO3/c24-16-11-8-15(9-12-16)22(25)27-20-13-10-14-4-3-6-18-17-5-1-2-7-19(17)23(20,26)21(14)18/h1-9,11-12,20,26H,10,13H2/t20-,23-/m1/s1. The number of ether oxygens (including phenoxy) is 1. The van der Waals surface area contributed by atoms with Crippen molar-refractivity contribution < 1.29 is 14.6 Å². The summed E-state index contributed by atoms with van der Waals surface area (Å²) in [5.41, 5.74) is 4.07. The van der Waals surface area contributed by atoms with Crippen molar-refractivity contribution in [3.8, 4) is 11.1 Å². The number of carbonyl (C=O) groups is 1. The number of hydrogen-bond acceptors (Lipinski definition) is 3. The van der Waals surface area contributed by atoms with Gasteiger partial charge in [0.25, 0.3) is 0 Å². The van der Waals surface area contributed by atoms with Crippen molar-refractivity contribution in [2.45, 2.75) is 24.5 Å². The molecule has 3 aromatic carbocycles. The number of fused-ring (bicyclic) bond motifs is 3. The molecule has 1 N–H and O–H groups in total. The van der Waals surface area contributed by atoms with E-state index in [2.05, 4.69) is 22.0 Å². The van der Waals surface area contributed by atoms with Crippen LogP contribution in [0.5, 0.6) is 0 Å². The van der Waals surface area contributed by atoms with Crippen molar-refractivity contribution >= 4 is 21.9 Å². The molecular formula is C23H17BrO3. The summed E-state index contributed by atoms with van der Waals surface area (Å²) in [6.07, 6.45) is 0.743. The molecule has 0 fully saturated rings. The molecule has 2 atom stereocenters. The van der Waals surface area contributed by atoms with Crippen LogP contribution in [-0.2, 0) is 16.8 Å². The number of carbonyl (C=O) groups excluding carboxylic acids is 1. The minimum atomic E-state index is -1.30. The maximum Gasteiger partial charge on any atom is 0.338 e. The zero-order valence-corrected chi connectivity index (χ0v) is 16.1. The minimum Gasteiger partial charge on any atom is -0.455 e. The predicted octanol–water partition coefficient (Wildman–Crippen LogP) is 4.84. The molecular weight excluding hydrogens is 404 g/mol. The molecule has 2 aliphatic carbocycles. The fraction of sp³-hybridized carbons (Fsp3) is 0.174. The molecule has 0 amide bonds. The first-order valence-electron chi connectivity index (χ1n) is 9.00. The monoisotopic (exact) mass is 420 g/mol. The maximum absolute atomic E-state index is 12.7. The van der Waals surface area contributed by atoms with E-state index in [0.29, 0.717) is 12.0 Å². The van der Waals surface area contributed by atoms with Crippen LogP contribution in [0.1, 0.15) is 33.5 Å². The number of aliphatic hydroxyl groups is 1. The van der Waals surface area contributed by atoms with Gasteiger partial charge in [0.05, 0.1) is 5.56 Å². The number of aryl methyl sites for hydroxylation is 1. The lowest BCUT2D eigenvalue weighted by molar-refractivity contribution is -0.0717. The van der Waals surface area contributed by atoms with Crippen LogP contribution in [0.4, 0.5) is 0 Å². The molecule has 0 saturated heterocycles. The smallest absolute Gasteiger partial charge is 0.338 e. The van der Waals surface area contributed by atoms with E-state index < -0.39 is 17.7 Å². The van der Waals surface area contributed by atoms with Crippen molar-refractivity contribution in [3.05, 3.63) is 93.5 Å². The van der Waals surface area contributed by atoms with Crippen molar-refractivity contribution in [1.82, 2.24) is 0 Å². The second-order valence-corrected chi connectivity index (χ2v) is 8.01. The average Bonchev–Trinajstić information content (AvgIpc) is 2.96. The molecule has 134 valence electrons. The van der Waals surface area contributed by atoms with Gasteiger partial charge in [-0.05, 0) is 59.4 Å². The Balaban J connectivity index is 1.59. The van der Waals surface area contributed by atoms with E-state index in [9.17, 15) is 9.90 Å². The summed E-state index contributed by atoms with van der Waals surface area (Å²) in [7, 11) is 0. The van der Waals surface area contributed by atoms with Gasteiger partial charge in [0, 0.05) is 10.0 Å². The normalized spacial score (nSPS) is 22.1. The van der Waals surface area contributed by atoms with E-state index in [4.69, 9.17) is 4.74 Å². The molecule has 0 bridgehead atoms. The Kier molecular flexibility index (Phi) is 3.74. The van der Waals surface area contributed by atoms with Crippen LogP contribution < -0.4 is 0 Å². The van der Waals surface area contributed by atoms with E-state index in [0.717, 1.165) is 38.7 Å². The first-order chi connectivity index (χ1) is 13.1. The van der Waals surface area contributed by atoms with Crippen LogP contribution in [0.25, 0.3) is 11.1 Å². The number of halogens is 1. The molecule has 5 rings (SSSR count). The predicted molar refractivity (Wildman–Crippen MR) is 107 cm³/mol. The molecule has 0 radical (unpaired) electrons. The number of hydrogen-bond donors (Lipinski definition) is 1. The van der Waals surface area contributed by atoms with Gasteiger partial charge < -0.3 is 9.84 Å². The van der Waals surface area contributed by atoms with Crippen LogP contribution in [0, 0.1) is 0 Å². The Bertz CT molecular complexity index is 1060. The molecule has 27 heavy (non-hydrogen) atoms. The summed E-state index contributed by atoms with van der Waals surface area (Å²) >= 11 is 3.37. The van der Waals surface area contributed by atoms with Crippen molar-refractivity contribution in [2.24, 2.45) is 0 Å². The zero-order chi connectivity index (χ0) is 18.6. The summed E-state index contributed by atoms with van der Waals surface area (Å²) in [6, 6.07) is 21.0. The highest BCUT2D eigenvalue weighted by Gasteiger charge is 2.52. The van der Waals surface area contributed by atoms with Crippen molar-refractivity contribution in [3.63, 3.8) is 0 Å². The number of rotatable bonds is 2. The maximum atomic E-state index is 12.7. The molecule has 0 aliphatic heterocycles. The van der Waals surface area contributed by atoms with Gasteiger partial charge in [-0.3, -0.25) is 0 Å². The largest absolute Gasteiger partial charge is 0.455 e. The van der Waals surface area contributed by atoms with Crippen LogP contribution in [0.3, 0.4) is 0 Å². The van der Waals surface area contributed by atoms with Crippen molar-refractivity contribution in [1.29, 1.82) is 0 Å². The highest BCUT2D eigenvalue weighted by atomic mass is 79.9. The highest BCUT2D eigenvalue weighted by Crippen LogP contribution is 2.54. The zero-order valence-electron chi connectivity index (χ0n) is 14.5. The first kappa shape index (κ1) is 16.7. The summed E-state index contributed by atoms with van der Waals surface area (Å²) in [6.45, 7) is 0. The van der Waals surface area contributed by atoms with Gasteiger partial charge in [-0.15, -0.1) is 0 Å². The summed E-state index contributed by atoms with van der Waals surface area (Å²) in [5.74, 6) is -0.411. The van der Waals surface area contributed by atoms with Gasteiger partial charge in [-0.1, -0.05) is 58.4 Å². The third-order valence-corrected chi connectivity index (χ3v) is 6.16. The third kappa shape index (κ3) is 2.40. The number of esters is 1. The molecule has 3 nitrogen and oxygen atoms in total. The lowest BCUT2D eigenvalue weighted by Crippen LogP contribution is -2.45.